The van der Waals surface area contributed by atoms with Crippen LogP contribution in [0.3, 0.4) is 0 Å². The van der Waals surface area contributed by atoms with Gasteiger partial charge in [-0.2, -0.15) is 0 Å². The molecule has 0 aromatic heterocycles. The molecule has 2 nitrogen and oxygen atoms in total. The Bertz CT molecular complexity index is 568. The second-order valence-corrected chi connectivity index (χ2v) is 4.94. The summed E-state index contributed by atoms with van der Waals surface area (Å²) in [6.07, 6.45) is 0. The molecule has 19 heavy (non-hydrogen) atoms. The van der Waals surface area contributed by atoms with E-state index in [2.05, 4.69) is 18.3 Å². The van der Waals surface area contributed by atoms with Crippen LogP contribution in [-0.2, 0) is 0 Å². The van der Waals surface area contributed by atoms with E-state index < -0.39 is 0 Å². The number of ether oxygens (including phenoxy) is 1. The molecule has 0 spiro atoms. The first-order chi connectivity index (χ1) is 9.15. The lowest BCUT2D eigenvalue weighted by atomic mass is 9.95. The first-order valence-electron chi connectivity index (χ1n) is 6.23. The van der Waals surface area contributed by atoms with Crippen LogP contribution < -0.4 is 10.1 Å². The number of benzene rings is 2. The van der Waals surface area contributed by atoms with Gasteiger partial charge in [0.25, 0.3) is 0 Å². The normalized spacial score (nSPS) is 12.2. The fourth-order valence-corrected chi connectivity index (χ4v) is 2.43. The second-order valence-electron chi connectivity index (χ2n) is 4.50. The Morgan fingerprint density at radius 1 is 1.16 bits per heavy atom. The minimum absolute atomic E-state index is 0.105. The average molecular weight is 276 g/mol. The zero-order chi connectivity index (χ0) is 13.8. The quantitative estimate of drug-likeness (QED) is 0.912. The van der Waals surface area contributed by atoms with Crippen molar-refractivity contribution < 1.29 is 4.74 Å². The van der Waals surface area contributed by atoms with Crippen LogP contribution >= 0.6 is 11.6 Å². The van der Waals surface area contributed by atoms with Gasteiger partial charge in [0.15, 0.2) is 0 Å². The van der Waals surface area contributed by atoms with E-state index in [0.717, 1.165) is 16.3 Å². The molecule has 0 radical (unpaired) electrons. The van der Waals surface area contributed by atoms with E-state index in [1.54, 1.807) is 7.11 Å². The third kappa shape index (κ3) is 3.09. The molecule has 0 saturated heterocycles. The molecule has 2 rings (SSSR count). The summed E-state index contributed by atoms with van der Waals surface area (Å²) >= 11 is 6.11. The van der Waals surface area contributed by atoms with Gasteiger partial charge in [-0.05, 0) is 54.9 Å². The largest absolute Gasteiger partial charge is 0.497 e. The highest BCUT2D eigenvalue weighted by Gasteiger charge is 2.15. The zero-order valence-electron chi connectivity index (χ0n) is 11.4. The molecule has 0 bridgehead atoms. The van der Waals surface area contributed by atoms with Crippen LogP contribution in [0.15, 0.2) is 42.5 Å². The molecule has 1 atom stereocenters. The van der Waals surface area contributed by atoms with E-state index in [1.807, 2.05) is 43.4 Å². The molecule has 0 aliphatic carbocycles. The number of hydrogen-bond acceptors (Lipinski definition) is 2. The van der Waals surface area contributed by atoms with Crippen molar-refractivity contribution in [2.45, 2.75) is 13.0 Å². The monoisotopic (exact) mass is 275 g/mol. The van der Waals surface area contributed by atoms with Gasteiger partial charge in [-0.25, -0.2) is 0 Å². The van der Waals surface area contributed by atoms with Crippen molar-refractivity contribution in [1.82, 2.24) is 5.32 Å². The van der Waals surface area contributed by atoms with E-state index in [9.17, 15) is 0 Å². The van der Waals surface area contributed by atoms with Crippen molar-refractivity contribution in [2.75, 3.05) is 14.2 Å². The number of nitrogens with one attached hydrogen (secondary N) is 1. The summed E-state index contributed by atoms with van der Waals surface area (Å²) in [5, 5.41) is 4.09. The Balaban J connectivity index is 2.46. The van der Waals surface area contributed by atoms with Crippen LogP contribution in [0, 0.1) is 6.92 Å². The average Bonchev–Trinajstić information content (AvgIpc) is 2.44. The highest BCUT2D eigenvalue weighted by Crippen LogP contribution is 2.28. The molecule has 0 aliphatic rings. The lowest BCUT2D eigenvalue weighted by Gasteiger charge is -2.20. The topological polar surface area (TPSA) is 21.3 Å². The molecule has 1 unspecified atom stereocenters. The minimum Gasteiger partial charge on any atom is -0.497 e. The smallest absolute Gasteiger partial charge is 0.119 e. The Hall–Kier alpha value is -1.51. The van der Waals surface area contributed by atoms with Crippen LogP contribution in [0.5, 0.6) is 5.75 Å². The van der Waals surface area contributed by atoms with Gasteiger partial charge in [-0.3, -0.25) is 0 Å². The molecule has 0 aliphatic heterocycles. The van der Waals surface area contributed by atoms with E-state index in [4.69, 9.17) is 16.3 Å². The van der Waals surface area contributed by atoms with Gasteiger partial charge in [0.1, 0.15) is 5.75 Å². The van der Waals surface area contributed by atoms with Crippen molar-refractivity contribution in [2.24, 2.45) is 0 Å². The van der Waals surface area contributed by atoms with E-state index in [0.29, 0.717) is 0 Å². The van der Waals surface area contributed by atoms with Crippen LogP contribution in [0.4, 0.5) is 0 Å². The molecule has 0 amide bonds. The molecule has 1 N–H and O–H groups in total. The van der Waals surface area contributed by atoms with Crippen LogP contribution in [0.25, 0.3) is 0 Å². The van der Waals surface area contributed by atoms with E-state index >= 15 is 0 Å². The summed E-state index contributed by atoms with van der Waals surface area (Å²) in [4.78, 5) is 0. The number of aryl methyl sites for hydroxylation is 1. The van der Waals surface area contributed by atoms with E-state index in [1.165, 1.54) is 11.1 Å². The van der Waals surface area contributed by atoms with Crippen molar-refractivity contribution >= 4 is 11.6 Å². The maximum atomic E-state index is 6.11. The van der Waals surface area contributed by atoms with Crippen LogP contribution in [0.1, 0.15) is 22.7 Å². The SMILES string of the molecule is CNC(c1cccc(OC)c1)c1cc(Cl)ccc1C. The highest BCUT2D eigenvalue weighted by atomic mass is 35.5. The molecule has 0 saturated carbocycles. The van der Waals surface area contributed by atoms with Gasteiger partial charge in [-0.15, -0.1) is 0 Å². The zero-order valence-corrected chi connectivity index (χ0v) is 12.2. The number of hydrogen-bond donors (Lipinski definition) is 1. The van der Waals surface area contributed by atoms with Crippen LogP contribution in [0.2, 0.25) is 5.02 Å². The molecule has 3 heteroatoms. The minimum atomic E-state index is 0.105. The molecule has 2 aromatic rings. The summed E-state index contributed by atoms with van der Waals surface area (Å²) in [5.41, 5.74) is 3.56. The lowest BCUT2D eigenvalue weighted by Crippen LogP contribution is -2.18. The maximum Gasteiger partial charge on any atom is 0.119 e. The van der Waals surface area contributed by atoms with E-state index in [-0.39, 0.29) is 6.04 Å². The maximum absolute atomic E-state index is 6.11. The summed E-state index contributed by atoms with van der Waals surface area (Å²) < 4.78 is 5.29. The van der Waals surface area contributed by atoms with Crippen LogP contribution in [-0.4, -0.2) is 14.2 Å². The molecule has 0 heterocycles. The number of rotatable bonds is 4. The summed E-state index contributed by atoms with van der Waals surface area (Å²) in [5.74, 6) is 0.859. The van der Waals surface area contributed by atoms with Gasteiger partial charge >= 0.3 is 0 Å². The molecular formula is C16H18ClNO. The Morgan fingerprint density at radius 2 is 1.95 bits per heavy atom. The third-order valence-corrected chi connectivity index (χ3v) is 3.50. The molecule has 2 aromatic carbocycles. The summed E-state index contributed by atoms with van der Waals surface area (Å²) in [6, 6.07) is 14.2. The summed E-state index contributed by atoms with van der Waals surface area (Å²) in [7, 11) is 3.63. The highest BCUT2D eigenvalue weighted by molar-refractivity contribution is 6.30. The summed E-state index contributed by atoms with van der Waals surface area (Å²) in [6.45, 7) is 2.09. The Morgan fingerprint density at radius 3 is 2.63 bits per heavy atom. The van der Waals surface area contributed by atoms with Gasteiger partial charge in [0, 0.05) is 5.02 Å². The number of methoxy groups -OCH3 is 1. The van der Waals surface area contributed by atoms with Gasteiger partial charge in [0.2, 0.25) is 0 Å². The van der Waals surface area contributed by atoms with Crippen molar-refractivity contribution in [1.29, 1.82) is 0 Å². The third-order valence-electron chi connectivity index (χ3n) is 3.27. The Labute approximate surface area is 119 Å². The van der Waals surface area contributed by atoms with Crippen molar-refractivity contribution in [3.05, 3.63) is 64.2 Å². The standard InChI is InChI=1S/C16H18ClNO/c1-11-7-8-13(17)10-15(11)16(18-2)12-5-4-6-14(9-12)19-3/h4-10,16,18H,1-3H3. The number of halogens is 1. The predicted molar refractivity (Wildman–Crippen MR) is 80.1 cm³/mol. The first kappa shape index (κ1) is 13.9. The molecule has 0 fully saturated rings. The lowest BCUT2D eigenvalue weighted by molar-refractivity contribution is 0.414. The molecular weight excluding hydrogens is 258 g/mol. The fourth-order valence-electron chi connectivity index (χ4n) is 2.25. The van der Waals surface area contributed by atoms with Gasteiger partial charge in [-0.1, -0.05) is 29.8 Å². The van der Waals surface area contributed by atoms with Gasteiger partial charge < -0.3 is 10.1 Å². The Kier molecular flexibility index (Phi) is 4.46. The first-order valence-corrected chi connectivity index (χ1v) is 6.60. The molecule has 100 valence electrons. The fraction of sp³-hybridized carbons (Fsp3) is 0.250. The second kappa shape index (κ2) is 6.09. The van der Waals surface area contributed by atoms with Gasteiger partial charge in [0.05, 0.1) is 13.2 Å². The predicted octanol–water partition coefficient (Wildman–Crippen LogP) is 3.97. The van der Waals surface area contributed by atoms with Crippen molar-refractivity contribution in [3.8, 4) is 5.75 Å². The van der Waals surface area contributed by atoms with Crippen molar-refractivity contribution in [3.63, 3.8) is 0 Å².